The zero-order chi connectivity index (χ0) is 89.7. The molecule has 0 spiro atoms. The highest BCUT2D eigenvalue weighted by Crippen LogP contribution is 2.07. The Morgan fingerprint density at radius 2 is 0.280 bits per heavy atom. The van der Waals surface area contributed by atoms with E-state index >= 15 is 0 Å². The highest BCUT2D eigenvalue weighted by Gasteiger charge is 2.18. The predicted octanol–water partition coefficient (Wildman–Crippen LogP) is 0.731. The fourth-order valence-electron chi connectivity index (χ4n) is 9.51. The van der Waals surface area contributed by atoms with Crippen molar-refractivity contribution in [3.63, 3.8) is 0 Å². The van der Waals surface area contributed by atoms with E-state index in [1.165, 1.54) is 0 Å². The first-order chi connectivity index (χ1) is 61.9. The quantitative estimate of drug-likeness (QED) is 0.0648. The van der Waals surface area contributed by atoms with Gasteiger partial charge in [0.25, 0.3) is 0 Å². The van der Waals surface area contributed by atoms with Crippen LogP contribution in [0, 0.1) is 0 Å². The Balaban J connectivity index is 3.23. The molecule has 1 unspecified atom stereocenters. The average molecular weight is 1860 g/mol. The molecule has 0 radical (unpaired) electrons. The first-order valence-electron chi connectivity index (χ1n) is 44.6. The summed E-state index contributed by atoms with van der Waals surface area (Å²) in [7, 11) is -0.626. The van der Waals surface area contributed by atoms with Gasteiger partial charge in [-0.3, -0.25) is 4.18 Å². The fraction of sp³-hybridized carbons (Fsp3) is 1.00. The fourth-order valence-corrected chi connectivity index (χ4v) is 9.88. The minimum Gasteiger partial charge on any atom is -0.394 e. The van der Waals surface area contributed by atoms with Crippen LogP contribution in [0.1, 0.15) is 19.8 Å². The van der Waals surface area contributed by atoms with Gasteiger partial charge in [0.1, 0.15) is 0 Å². The molecule has 0 aliphatic carbocycles. The van der Waals surface area contributed by atoms with Crippen LogP contribution in [-0.2, 0) is 189 Å². The molecule has 1 atom stereocenters. The zero-order valence-corrected chi connectivity index (χ0v) is 77.3. The molecule has 0 aliphatic heterocycles. The molecular weight excluding hydrogens is 1690 g/mol. The molecule has 0 saturated heterocycles. The van der Waals surface area contributed by atoms with Gasteiger partial charge >= 0.3 is 10.4 Å². The van der Waals surface area contributed by atoms with Gasteiger partial charge in [-0.25, -0.2) is 4.18 Å². The smallest absolute Gasteiger partial charge is 0.394 e. The molecule has 43 heteroatoms. The predicted molar refractivity (Wildman–Crippen MR) is 454 cm³/mol. The van der Waals surface area contributed by atoms with Crippen LogP contribution in [-0.4, -0.2) is 541 Å². The molecule has 0 rings (SSSR count). The SMILES string of the molecule is CC[N+](C)(CCCOCCOCCOCCOCCOCCOCCOCCOCCOCCOCCOCCOCCOCCOCCOCCOCCOCCOCCO)CCCOCCOCCOCCOCCOCCOCCOCCOCCOCCOCCOCCOCCOCCOCCOCCOCCOCCOCCOS(=O)(=O)OC. The third-order valence-electron chi connectivity index (χ3n) is 16.3. The Hall–Kier alpha value is -1.65. The minimum absolute atomic E-state index is 0.0149. The summed E-state index contributed by atoms with van der Waals surface area (Å²) in [6, 6.07) is 0. The summed E-state index contributed by atoms with van der Waals surface area (Å²) < 4.78 is 230. The highest BCUT2D eigenvalue weighted by atomic mass is 32.3. The van der Waals surface area contributed by atoms with Crippen molar-refractivity contribution < 1.29 is 197 Å². The maximum absolute atomic E-state index is 11.0. The van der Waals surface area contributed by atoms with Crippen LogP contribution in [0.2, 0.25) is 0 Å². The van der Waals surface area contributed by atoms with Crippen molar-refractivity contribution in [1.82, 2.24) is 0 Å². The Bertz CT molecular complexity index is 2040. The van der Waals surface area contributed by atoms with Gasteiger partial charge in [0.2, 0.25) is 0 Å². The average Bonchev–Trinajstić information content (AvgIpc) is 0.915. The van der Waals surface area contributed by atoms with E-state index in [9.17, 15) is 8.42 Å². The molecule has 752 valence electrons. The normalized spacial score (nSPS) is 12.5. The summed E-state index contributed by atoms with van der Waals surface area (Å²) in [6.45, 7) is 39.5. The lowest BCUT2D eigenvalue weighted by Crippen LogP contribution is -2.46. The number of hydrogen-bond donors (Lipinski definition) is 1. The Labute approximate surface area is 746 Å². The molecule has 1 N–H and O–H groups in total. The zero-order valence-electron chi connectivity index (χ0n) is 76.5. The van der Waals surface area contributed by atoms with Crippen molar-refractivity contribution >= 4 is 10.4 Å². The van der Waals surface area contributed by atoms with Gasteiger partial charge < -0.3 is 180 Å². The lowest BCUT2D eigenvalue weighted by atomic mass is 10.3. The number of ether oxygens (including phenoxy) is 36. The Kier molecular flexibility index (Phi) is 110. The summed E-state index contributed by atoms with van der Waals surface area (Å²) in [6.07, 6.45) is 1.97. The van der Waals surface area contributed by atoms with E-state index < -0.39 is 10.4 Å². The van der Waals surface area contributed by atoms with Gasteiger partial charge in [0.15, 0.2) is 0 Å². The van der Waals surface area contributed by atoms with Gasteiger partial charge in [-0.05, 0) is 6.92 Å². The van der Waals surface area contributed by atoms with Crippen molar-refractivity contribution in [3.05, 3.63) is 0 Å². The molecule has 0 aromatic carbocycles. The van der Waals surface area contributed by atoms with E-state index in [1.54, 1.807) is 0 Å². The third-order valence-corrected chi connectivity index (χ3v) is 17.1. The van der Waals surface area contributed by atoms with E-state index in [1.807, 2.05) is 0 Å². The number of hydrogen-bond acceptors (Lipinski definition) is 41. The molecule has 0 saturated carbocycles. The van der Waals surface area contributed by atoms with Crippen molar-refractivity contribution in [2.45, 2.75) is 19.8 Å². The number of aliphatic hydroxyl groups excluding tert-OH is 1. The second kappa shape index (κ2) is 111. The molecule has 0 fully saturated rings. The van der Waals surface area contributed by atoms with Crippen LogP contribution in [0.5, 0.6) is 0 Å². The summed E-state index contributed by atoms with van der Waals surface area (Å²) in [5.41, 5.74) is 0. The number of aliphatic hydroxyl groups is 1. The van der Waals surface area contributed by atoms with Crippen LogP contribution in [0.3, 0.4) is 0 Å². The monoisotopic (exact) mass is 1860 g/mol. The van der Waals surface area contributed by atoms with E-state index in [2.05, 4.69) is 22.3 Å². The van der Waals surface area contributed by atoms with Crippen molar-refractivity contribution in [3.8, 4) is 0 Å². The first kappa shape index (κ1) is 123. The lowest BCUT2D eigenvalue weighted by molar-refractivity contribution is -0.908. The van der Waals surface area contributed by atoms with Gasteiger partial charge in [0.05, 0.1) is 523 Å². The molecule has 0 aromatic rings. The van der Waals surface area contributed by atoms with Crippen molar-refractivity contribution in [2.24, 2.45) is 0 Å². The molecule has 0 aliphatic rings. The standard InChI is InChI=1S/C82H168NO41S/c1-4-83(2,7-5-10-88-13-16-91-19-22-94-25-28-97-31-34-100-37-40-103-43-46-106-49-52-109-55-58-112-61-63-114-60-57-111-54-51-108-48-45-105-42-39-102-36-33-99-30-27-96-24-21-93-18-15-90-12-9-84)8-6-11-89-14-17-92-20-23-95-26-29-98-32-35-101-38-41-104-44-47-107-50-53-110-56-59-113-62-64-115-65-66-116-67-68-117-69-70-118-71-72-119-73-74-120-75-76-121-77-78-122-79-80-123-81-82-124-125(85,86)87-3/h84H,4-82H2,1-3H3/q+1. The number of quaternary nitrogens is 1. The summed E-state index contributed by atoms with van der Waals surface area (Å²) in [5, 5.41) is 8.63. The first-order valence-corrected chi connectivity index (χ1v) is 45.9. The number of rotatable bonds is 118. The Morgan fingerprint density at radius 1 is 0.176 bits per heavy atom. The van der Waals surface area contributed by atoms with Crippen molar-refractivity contribution in [1.29, 1.82) is 0 Å². The van der Waals surface area contributed by atoms with Crippen LogP contribution in [0.4, 0.5) is 0 Å². The van der Waals surface area contributed by atoms with E-state index in [0.717, 1.165) is 44.1 Å². The maximum Gasteiger partial charge on any atom is 0.399 e. The van der Waals surface area contributed by atoms with E-state index in [0.29, 0.717) is 469 Å². The molecule has 0 heterocycles. The van der Waals surface area contributed by atoms with Crippen LogP contribution in [0.25, 0.3) is 0 Å². The molecule has 0 bridgehead atoms. The summed E-state index contributed by atoms with van der Waals surface area (Å²) in [4.78, 5) is 0. The maximum atomic E-state index is 11.0. The van der Waals surface area contributed by atoms with Gasteiger partial charge in [-0.15, -0.1) is 0 Å². The molecule has 125 heavy (non-hydrogen) atoms. The molecular formula is C82H168NO41S+. The lowest BCUT2D eigenvalue weighted by Gasteiger charge is -2.33. The van der Waals surface area contributed by atoms with Crippen LogP contribution >= 0.6 is 0 Å². The molecule has 0 aromatic heterocycles. The Morgan fingerprint density at radius 3 is 0.384 bits per heavy atom. The molecule has 42 nitrogen and oxygen atoms in total. The minimum atomic E-state index is -3.94. The largest absolute Gasteiger partial charge is 0.399 e. The second-order valence-electron chi connectivity index (χ2n) is 26.3. The summed E-state index contributed by atoms with van der Waals surface area (Å²) >= 11 is 0. The van der Waals surface area contributed by atoms with E-state index in [-0.39, 0.29) is 19.8 Å². The topological polar surface area (TPSA) is 405 Å². The number of nitrogens with zero attached hydrogens (tertiary/aromatic N) is 1. The van der Waals surface area contributed by atoms with Crippen molar-refractivity contribution in [2.75, 3.05) is 523 Å². The second-order valence-corrected chi connectivity index (χ2v) is 27.6. The van der Waals surface area contributed by atoms with Crippen LogP contribution < -0.4 is 0 Å². The van der Waals surface area contributed by atoms with E-state index in [4.69, 9.17) is 176 Å². The molecule has 0 amide bonds. The highest BCUT2D eigenvalue weighted by molar-refractivity contribution is 7.81. The van der Waals surface area contributed by atoms with Gasteiger partial charge in [0, 0.05) is 12.8 Å². The van der Waals surface area contributed by atoms with Gasteiger partial charge in [-0.1, -0.05) is 0 Å². The third kappa shape index (κ3) is 111. The summed E-state index contributed by atoms with van der Waals surface area (Å²) in [5.74, 6) is 0. The van der Waals surface area contributed by atoms with Crippen LogP contribution in [0.15, 0.2) is 0 Å². The van der Waals surface area contributed by atoms with Gasteiger partial charge in [-0.2, -0.15) is 8.42 Å².